The standard InChI is InChI=1S/C13H21N3O.ClH/c1-3-13(4-2,10-14)16-12(17)8-11-6-5-7-15-9-11;/h5-7,9H,3-4,8,10,14H2,1-2H3,(H,16,17);1H. The van der Waals surface area contributed by atoms with Gasteiger partial charge in [0.1, 0.15) is 0 Å². The minimum Gasteiger partial charge on any atom is -0.349 e. The maximum absolute atomic E-state index is 11.9. The summed E-state index contributed by atoms with van der Waals surface area (Å²) < 4.78 is 0. The van der Waals surface area contributed by atoms with Crippen LogP contribution in [0.2, 0.25) is 0 Å². The molecule has 1 heterocycles. The average Bonchev–Trinajstić information content (AvgIpc) is 2.37. The van der Waals surface area contributed by atoms with Gasteiger partial charge >= 0.3 is 0 Å². The first kappa shape index (κ1) is 16.9. The minimum absolute atomic E-state index is 0. The first-order valence-electron chi connectivity index (χ1n) is 6.05. The van der Waals surface area contributed by atoms with E-state index in [1.807, 2.05) is 26.0 Å². The molecule has 18 heavy (non-hydrogen) atoms. The molecule has 0 bridgehead atoms. The van der Waals surface area contributed by atoms with Crippen molar-refractivity contribution in [3.63, 3.8) is 0 Å². The number of amides is 1. The normalized spacial score (nSPS) is 10.6. The van der Waals surface area contributed by atoms with E-state index in [4.69, 9.17) is 5.73 Å². The first-order chi connectivity index (χ1) is 8.15. The molecule has 1 aromatic heterocycles. The monoisotopic (exact) mass is 271 g/mol. The van der Waals surface area contributed by atoms with Crippen LogP contribution in [0.15, 0.2) is 24.5 Å². The number of nitrogens with one attached hydrogen (secondary N) is 1. The van der Waals surface area contributed by atoms with Crippen LogP contribution >= 0.6 is 12.4 Å². The minimum atomic E-state index is -0.265. The molecule has 0 aromatic carbocycles. The Morgan fingerprint density at radius 2 is 2.11 bits per heavy atom. The van der Waals surface area contributed by atoms with Gasteiger partial charge in [0.25, 0.3) is 0 Å². The quantitative estimate of drug-likeness (QED) is 0.827. The summed E-state index contributed by atoms with van der Waals surface area (Å²) in [5.74, 6) is 0.00662. The Labute approximate surface area is 115 Å². The van der Waals surface area contributed by atoms with Crippen LogP contribution in [-0.2, 0) is 11.2 Å². The zero-order chi connectivity index (χ0) is 12.7. The van der Waals surface area contributed by atoms with Crippen molar-refractivity contribution < 1.29 is 4.79 Å². The molecule has 1 amide bonds. The van der Waals surface area contributed by atoms with Gasteiger partial charge in [-0.25, -0.2) is 0 Å². The van der Waals surface area contributed by atoms with Gasteiger partial charge < -0.3 is 11.1 Å². The molecule has 102 valence electrons. The molecule has 4 nitrogen and oxygen atoms in total. The van der Waals surface area contributed by atoms with E-state index >= 15 is 0 Å². The lowest BCUT2D eigenvalue weighted by Gasteiger charge is -2.31. The molecule has 0 saturated carbocycles. The third kappa shape index (κ3) is 4.63. The molecule has 5 heteroatoms. The maximum atomic E-state index is 11.9. The second-order valence-electron chi connectivity index (χ2n) is 4.28. The summed E-state index contributed by atoms with van der Waals surface area (Å²) in [6, 6.07) is 3.73. The Morgan fingerprint density at radius 1 is 1.44 bits per heavy atom. The molecular formula is C13H22ClN3O. The van der Waals surface area contributed by atoms with Crippen molar-refractivity contribution in [1.82, 2.24) is 10.3 Å². The topological polar surface area (TPSA) is 68.0 Å². The van der Waals surface area contributed by atoms with Crippen molar-refractivity contribution in [2.75, 3.05) is 6.54 Å². The maximum Gasteiger partial charge on any atom is 0.224 e. The van der Waals surface area contributed by atoms with Gasteiger partial charge in [0, 0.05) is 18.9 Å². The Bertz CT molecular complexity index is 344. The van der Waals surface area contributed by atoms with E-state index in [9.17, 15) is 4.79 Å². The molecule has 0 aliphatic carbocycles. The molecule has 0 unspecified atom stereocenters. The number of nitrogens with two attached hydrogens (primary N) is 1. The number of carbonyl (C=O) groups is 1. The summed E-state index contributed by atoms with van der Waals surface area (Å²) in [6.45, 7) is 4.56. The van der Waals surface area contributed by atoms with E-state index in [1.54, 1.807) is 12.4 Å². The van der Waals surface area contributed by atoms with Crippen molar-refractivity contribution in [3.8, 4) is 0 Å². The third-order valence-electron chi connectivity index (χ3n) is 3.24. The van der Waals surface area contributed by atoms with Gasteiger partial charge in [0.2, 0.25) is 5.91 Å². The van der Waals surface area contributed by atoms with Crippen LogP contribution in [0.5, 0.6) is 0 Å². The molecular weight excluding hydrogens is 250 g/mol. The fourth-order valence-corrected chi connectivity index (χ4v) is 1.79. The second kappa shape index (κ2) is 8.06. The highest BCUT2D eigenvalue weighted by Gasteiger charge is 2.25. The Morgan fingerprint density at radius 3 is 2.56 bits per heavy atom. The van der Waals surface area contributed by atoms with Gasteiger partial charge in [-0.3, -0.25) is 9.78 Å². The largest absolute Gasteiger partial charge is 0.349 e. The van der Waals surface area contributed by atoms with Crippen molar-refractivity contribution in [3.05, 3.63) is 30.1 Å². The fourth-order valence-electron chi connectivity index (χ4n) is 1.79. The number of hydrogen-bond donors (Lipinski definition) is 2. The molecule has 0 spiro atoms. The van der Waals surface area contributed by atoms with Gasteiger partial charge in [-0.05, 0) is 24.5 Å². The molecule has 0 saturated heterocycles. The second-order valence-corrected chi connectivity index (χ2v) is 4.28. The van der Waals surface area contributed by atoms with Crippen molar-refractivity contribution in [1.29, 1.82) is 0 Å². The third-order valence-corrected chi connectivity index (χ3v) is 3.24. The van der Waals surface area contributed by atoms with E-state index in [2.05, 4.69) is 10.3 Å². The highest BCUT2D eigenvalue weighted by molar-refractivity contribution is 5.85. The lowest BCUT2D eigenvalue weighted by molar-refractivity contribution is -0.122. The molecule has 1 aromatic rings. The van der Waals surface area contributed by atoms with Crippen molar-refractivity contribution in [2.24, 2.45) is 5.73 Å². The Hall–Kier alpha value is -1.13. The molecule has 0 aliphatic rings. The number of halogens is 1. The summed E-state index contributed by atoms with van der Waals surface area (Å²) in [5.41, 5.74) is 6.40. The number of carbonyl (C=O) groups excluding carboxylic acids is 1. The zero-order valence-electron chi connectivity index (χ0n) is 11.0. The predicted octanol–water partition coefficient (Wildman–Crippen LogP) is 1.68. The van der Waals surface area contributed by atoms with Gasteiger partial charge in [-0.15, -0.1) is 12.4 Å². The lowest BCUT2D eigenvalue weighted by atomic mass is 9.92. The van der Waals surface area contributed by atoms with E-state index in [-0.39, 0.29) is 23.9 Å². The van der Waals surface area contributed by atoms with E-state index in [1.165, 1.54) is 0 Å². The number of aromatic nitrogens is 1. The molecule has 3 N–H and O–H groups in total. The van der Waals surface area contributed by atoms with Crippen molar-refractivity contribution >= 4 is 18.3 Å². The molecule has 0 radical (unpaired) electrons. The number of rotatable bonds is 6. The summed E-state index contributed by atoms with van der Waals surface area (Å²) >= 11 is 0. The van der Waals surface area contributed by atoms with Gasteiger partial charge in [-0.2, -0.15) is 0 Å². The summed E-state index contributed by atoms with van der Waals surface area (Å²) in [7, 11) is 0. The molecule has 0 aliphatic heterocycles. The first-order valence-corrected chi connectivity index (χ1v) is 6.05. The van der Waals surface area contributed by atoms with Crippen LogP contribution in [0.1, 0.15) is 32.3 Å². The van der Waals surface area contributed by atoms with E-state index in [0.717, 1.165) is 18.4 Å². The van der Waals surface area contributed by atoms with Crippen LogP contribution in [-0.4, -0.2) is 23.0 Å². The molecule has 1 rings (SSSR count). The van der Waals surface area contributed by atoms with Gasteiger partial charge in [-0.1, -0.05) is 19.9 Å². The SMILES string of the molecule is CCC(CC)(CN)NC(=O)Cc1cccnc1.Cl. The van der Waals surface area contributed by atoms with E-state index < -0.39 is 0 Å². The number of hydrogen-bond acceptors (Lipinski definition) is 3. The Balaban J connectivity index is 0.00000289. The van der Waals surface area contributed by atoms with Crippen LogP contribution in [0.25, 0.3) is 0 Å². The lowest BCUT2D eigenvalue weighted by Crippen LogP contribution is -2.53. The average molecular weight is 272 g/mol. The van der Waals surface area contributed by atoms with Gasteiger partial charge in [0.05, 0.1) is 12.0 Å². The van der Waals surface area contributed by atoms with Crippen LogP contribution in [0, 0.1) is 0 Å². The van der Waals surface area contributed by atoms with Crippen molar-refractivity contribution in [2.45, 2.75) is 38.6 Å². The Kier molecular flexibility index (Phi) is 7.55. The number of nitrogens with zero attached hydrogens (tertiary/aromatic N) is 1. The van der Waals surface area contributed by atoms with Gasteiger partial charge in [0.15, 0.2) is 0 Å². The zero-order valence-corrected chi connectivity index (χ0v) is 11.8. The van der Waals surface area contributed by atoms with Crippen LogP contribution < -0.4 is 11.1 Å². The smallest absolute Gasteiger partial charge is 0.224 e. The summed E-state index contributed by atoms with van der Waals surface area (Å²) in [6.07, 6.45) is 5.46. The predicted molar refractivity (Wildman–Crippen MR) is 75.7 cm³/mol. The van der Waals surface area contributed by atoms with Crippen LogP contribution in [0.4, 0.5) is 0 Å². The van der Waals surface area contributed by atoms with Crippen LogP contribution in [0.3, 0.4) is 0 Å². The highest BCUT2D eigenvalue weighted by atomic mass is 35.5. The molecule has 0 fully saturated rings. The fraction of sp³-hybridized carbons (Fsp3) is 0.538. The molecule has 0 atom stereocenters. The summed E-state index contributed by atoms with van der Waals surface area (Å²) in [5, 5.41) is 3.04. The number of pyridine rings is 1. The van der Waals surface area contributed by atoms with E-state index in [0.29, 0.717) is 13.0 Å². The highest BCUT2D eigenvalue weighted by Crippen LogP contribution is 2.13. The summed E-state index contributed by atoms with van der Waals surface area (Å²) in [4.78, 5) is 15.9.